The summed E-state index contributed by atoms with van der Waals surface area (Å²) in [7, 11) is 1.61. The van der Waals surface area contributed by atoms with E-state index >= 15 is 0 Å². The van der Waals surface area contributed by atoms with Crippen molar-refractivity contribution in [3.05, 3.63) is 34.3 Å². The average molecular weight is 313 g/mol. The van der Waals surface area contributed by atoms with E-state index in [1.165, 1.54) is 0 Å². The third kappa shape index (κ3) is 2.82. The topological polar surface area (TPSA) is 35.5 Å². The summed E-state index contributed by atoms with van der Waals surface area (Å²) in [4.78, 5) is 12.5. The van der Waals surface area contributed by atoms with Crippen LogP contribution in [0, 0.1) is 0 Å². The minimum Gasteiger partial charge on any atom is -0.381 e. The molecule has 1 fully saturated rings. The molecule has 1 aromatic rings. The molecule has 1 aliphatic heterocycles. The van der Waals surface area contributed by atoms with Crippen LogP contribution in [0.4, 0.5) is 0 Å². The molecule has 0 atom stereocenters. The Balaban J connectivity index is 2.13. The van der Waals surface area contributed by atoms with Gasteiger partial charge in [0.25, 0.3) is 0 Å². The Morgan fingerprint density at radius 2 is 2.06 bits per heavy atom. The molecule has 0 saturated carbocycles. The molecular weight excluding hydrogens is 296 g/mol. The maximum Gasteiger partial charge on any atom is 0.169 e. The minimum absolute atomic E-state index is 0.139. The number of ether oxygens (including phenoxy) is 2. The van der Waals surface area contributed by atoms with Crippen LogP contribution in [0.5, 0.6) is 0 Å². The highest BCUT2D eigenvalue weighted by atomic mass is 79.9. The molecule has 18 heavy (non-hydrogen) atoms. The second kappa shape index (κ2) is 5.95. The first-order valence-corrected chi connectivity index (χ1v) is 6.87. The lowest BCUT2D eigenvalue weighted by atomic mass is 9.86. The molecule has 0 aliphatic carbocycles. The molecule has 0 unspecified atom stereocenters. The monoisotopic (exact) mass is 312 g/mol. The van der Waals surface area contributed by atoms with Crippen molar-refractivity contribution in [2.45, 2.75) is 24.9 Å². The number of carbonyl (C=O) groups is 1. The van der Waals surface area contributed by atoms with Crippen LogP contribution in [0.25, 0.3) is 0 Å². The molecule has 98 valence electrons. The Morgan fingerprint density at radius 3 is 2.67 bits per heavy atom. The molecule has 0 bridgehead atoms. The number of carbonyl (C=O) groups excluding carboxylic acids is 1. The highest BCUT2D eigenvalue weighted by molar-refractivity contribution is 9.10. The van der Waals surface area contributed by atoms with Gasteiger partial charge >= 0.3 is 0 Å². The van der Waals surface area contributed by atoms with Crippen molar-refractivity contribution in [3.8, 4) is 0 Å². The van der Waals surface area contributed by atoms with Gasteiger partial charge in [0.15, 0.2) is 5.78 Å². The number of rotatable bonds is 4. The minimum atomic E-state index is -0.659. The lowest BCUT2D eigenvalue weighted by molar-refractivity contribution is -0.151. The van der Waals surface area contributed by atoms with Gasteiger partial charge in [0.2, 0.25) is 0 Å². The molecule has 0 N–H and O–H groups in total. The first kappa shape index (κ1) is 13.7. The number of methoxy groups -OCH3 is 1. The van der Waals surface area contributed by atoms with Crippen LogP contribution in [0.15, 0.2) is 28.7 Å². The quantitative estimate of drug-likeness (QED) is 0.857. The largest absolute Gasteiger partial charge is 0.381 e. The van der Waals surface area contributed by atoms with Crippen LogP contribution in [-0.2, 0) is 20.7 Å². The van der Waals surface area contributed by atoms with Crippen molar-refractivity contribution in [1.82, 2.24) is 0 Å². The number of hydrogen-bond donors (Lipinski definition) is 0. The lowest BCUT2D eigenvalue weighted by Crippen LogP contribution is -2.46. The van der Waals surface area contributed by atoms with Gasteiger partial charge in [-0.25, -0.2) is 0 Å². The standard InChI is InChI=1S/C14H17BrO3/c1-17-14(6-8-18-9-7-14)13(16)10-11-4-2-3-5-12(11)15/h2-5H,6-10H2,1H3. The second-order valence-corrected chi connectivity index (χ2v) is 5.36. The van der Waals surface area contributed by atoms with E-state index in [1.807, 2.05) is 24.3 Å². The Kier molecular flexibility index (Phi) is 4.54. The van der Waals surface area contributed by atoms with Crippen LogP contribution in [0.1, 0.15) is 18.4 Å². The van der Waals surface area contributed by atoms with Gasteiger partial charge in [-0.2, -0.15) is 0 Å². The van der Waals surface area contributed by atoms with Crippen molar-refractivity contribution in [2.24, 2.45) is 0 Å². The third-order valence-corrected chi connectivity index (χ3v) is 4.28. The van der Waals surface area contributed by atoms with E-state index in [0.717, 1.165) is 10.0 Å². The Morgan fingerprint density at radius 1 is 1.39 bits per heavy atom. The number of hydrogen-bond acceptors (Lipinski definition) is 3. The lowest BCUT2D eigenvalue weighted by Gasteiger charge is -2.34. The van der Waals surface area contributed by atoms with E-state index in [-0.39, 0.29) is 5.78 Å². The van der Waals surface area contributed by atoms with Gasteiger partial charge in [0, 0.05) is 44.1 Å². The highest BCUT2D eigenvalue weighted by Gasteiger charge is 2.39. The molecule has 0 amide bonds. The molecule has 1 aliphatic rings. The molecule has 0 spiro atoms. The average Bonchev–Trinajstić information content (AvgIpc) is 2.42. The van der Waals surface area contributed by atoms with Crippen LogP contribution in [0.3, 0.4) is 0 Å². The van der Waals surface area contributed by atoms with E-state index in [0.29, 0.717) is 32.5 Å². The van der Waals surface area contributed by atoms with Gasteiger partial charge in [0.05, 0.1) is 0 Å². The number of Topliss-reactive ketones (excluding diaryl/α,β-unsaturated/α-hetero) is 1. The van der Waals surface area contributed by atoms with Gasteiger partial charge in [-0.1, -0.05) is 34.1 Å². The third-order valence-electron chi connectivity index (χ3n) is 3.51. The number of benzene rings is 1. The zero-order valence-electron chi connectivity index (χ0n) is 10.4. The van der Waals surface area contributed by atoms with E-state index in [1.54, 1.807) is 7.11 Å². The van der Waals surface area contributed by atoms with E-state index < -0.39 is 5.60 Å². The molecule has 4 heteroatoms. The van der Waals surface area contributed by atoms with Crippen LogP contribution in [-0.4, -0.2) is 31.7 Å². The zero-order chi connectivity index (χ0) is 13.0. The zero-order valence-corrected chi connectivity index (χ0v) is 12.0. The molecule has 2 rings (SSSR count). The smallest absolute Gasteiger partial charge is 0.169 e. The Bertz CT molecular complexity index is 425. The van der Waals surface area contributed by atoms with Crippen molar-refractivity contribution in [3.63, 3.8) is 0 Å². The molecule has 1 saturated heterocycles. The summed E-state index contributed by atoms with van der Waals surface area (Å²) in [5.74, 6) is 0.139. The van der Waals surface area contributed by atoms with Crippen molar-refractivity contribution < 1.29 is 14.3 Å². The predicted octanol–water partition coefficient (Wildman–Crippen LogP) is 2.76. The molecule has 0 aromatic heterocycles. The van der Waals surface area contributed by atoms with Crippen molar-refractivity contribution >= 4 is 21.7 Å². The van der Waals surface area contributed by atoms with E-state index in [2.05, 4.69) is 15.9 Å². The van der Waals surface area contributed by atoms with Gasteiger partial charge in [-0.05, 0) is 11.6 Å². The van der Waals surface area contributed by atoms with Gasteiger partial charge in [-0.15, -0.1) is 0 Å². The summed E-state index contributed by atoms with van der Waals surface area (Å²) in [6, 6.07) is 7.80. The van der Waals surface area contributed by atoms with Crippen LogP contribution < -0.4 is 0 Å². The molecule has 0 radical (unpaired) electrons. The van der Waals surface area contributed by atoms with Gasteiger partial charge in [0.1, 0.15) is 5.60 Å². The number of ketones is 1. The fraction of sp³-hybridized carbons (Fsp3) is 0.500. The highest BCUT2D eigenvalue weighted by Crippen LogP contribution is 2.28. The van der Waals surface area contributed by atoms with Crippen molar-refractivity contribution in [2.75, 3.05) is 20.3 Å². The molecule has 1 heterocycles. The van der Waals surface area contributed by atoms with Crippen LogP contribution >= 0.6 is 15.9 Å². The molecule has 3 nitrogen and oxygen atoms in total. The molecule has 1 aromatic carbocycles. The summed E-state index contributed by atoms with van der Waals surface area (Å²) >= 11 is 3.47. The summed E-state index contributed by atoms with van der Waals surface area (Å²) < 4.78 is 11.8. The summed E-state index contributed by atoms with van der Waals surface area (Å²) in [6.07, 6.45) is 1.69. The van der Waals surface area contributed by atoms with Gasteiger partial charge in [-0.3, -0.25) is 4.79 Å². The summed E-state index contributed by atoms with van der Waals surface area (Å²) in [6.45, 7) is 1.19. The fourth-order valence-corrected chi connectivity index (χ4v) is 2.70. The first-order chi connectivity index (χ1) is 8.68. The number of halogens is 1. The SMILES string of the molecule is COC1(C(=O)Cc2ccccc2Br)CCOCC1. The van der Waals surface area contributed by atoms with E-state index in [4.69, 9.17) is 9.47 Å². The summed E-state index contributed by atoms with van der Waals surface area (Å²) in [5.41, 5.74) is 0.346. The van der Waals surface area contributed by atoms with E-state index in [9.17, 15) is 4.79 Å². The van der Waals surface area contributed by atoms with Crippen molar-refractivity contribution in [1.29, 1.82) is 0 Å². The van der Waals surface area contributed by atoms with Crippen LogP contribution in [0.2, 0.25) is 0 Å². The Hall–Kier alpha value is -0.710. The molecular formula is C14H17BrO3. The maximum atomic E-state index is 12.5. The fourth-order valence-electron chi connectivity index (χ4n) is 2.27. The normalized spacial score (nSPS) is 18.6. The first-order valence-electron chi connectivity index (χ1n) is 6.07. The Labute approximate surface area is 116 Å². The summed E-state index contributed by atoms with van der Waals surface area (Å²) in [5, 5.41) is 0. The van der Waals surface area contributed by atoms with Gasteiger partial charge < -0.3 is 9.47 Å². The predicted molar refractivity (Wildman–Crippen MR) is 72.6 cm³/mol. The second-order valence-electron chi connectivity index (χ2n) is 4.50. The maximum absolute atomic E-state index is 12.5.